The summed E-state index contributed by atoms with van der Waals surface area (Å²) in [6.45, 7) is 6.65. The Bertz CT molecular complexity index is 1190. The summed E-state index contributed by atoms with van der Waals surface area (Å²) in [5.41, 5.74) is 4.16. The third-order valence-corrected chi connectivity index (χ3v) is 6.77. The number of aromatic nitrogens is 1. The van der Waals surface area contributed by atoms with Crippen LogP contribution in [0, 0.1) is 5.92 Å². The van der Waals surface area contributed by atoms with Crippen LogP contribution in [-0.4, -0.2) is 42.7 Å². The summed E-state index contributed by atoms with van der Waals surface area (Å²) >= 11 is 0. The first-order valence-corrected chi connectivity index (χ1v) is 12.7. The van der Waals surface area contributed by atoms with E-state index < -0.39 is 18.0 Å². The van der Waals surface area contributed by atoms with Gasteiger partial charge in [-0.15, -0.1) is 0 Å². The molecule has 0 saturated carbocycles. The lowest BCUT2D eigenvalue weighted by Gasteiger charge is -2.22. The number of benzene rings is 2. The molecule has 0 aliphatic rings. The lowest BCUT2D eigenvalue weighted by Crippen LogP contribution is -2.34. The second kappa shape index (κ2) is 12.6. The van der Waals surface area contributed by atoms with Crippen molar-refractivity contribution in [2.24, 2.45) is 5.92 Å². The predicted molar refractivity (Wildman–Crippen MR) is 141 cm³/mol. The van der Waals surface area contributed by atoms with Gasteiger partial charge in [-0.3, -0.25) is 4.79 Å². The van der Waals surface area contributed by atoms with Crippen LogP contribution in [0.4, 0.5) is 0 Å². The van der Waals surface area contributed by atoms with E-state index in [1.807, 2.05) is 44.3 Å². The first kappa shape index (κ1) is 27.3. The molecule has 0 bridgehead atoms. The molecule has 7 nitrogen and oxygen atoms in total. The maximum Gasteiger partial charge on any atom is 0.337 e. The van der Waals surface area contributed by atoms with Crippen LogP contribution in [0.25, 0.3) is 10.9 Å². The van der Waals surface area contributed by atoms with Crippen LogP contribution in [0.15, 0.2) is 42.6 Å². The fourth-order valence-electron chi connectivity index (χ4n) is 4.81. The summed E-state index contributed by atoms with van der Waals surface area (Å²) < 4.78 is 10.5. The Morgan fingerprint density at radius 3 is 2.44 bits per heavy atom. The van der Waals surface area contributed by atoms with Crippen molar-refractivity contribution in [1.29, 1.82) is 0 Å². The molecule has 3 atom stereocenters. The van der Waals surface area contributed by atoms with Gasteiger partial charge in [-0.05, 0) is 54.7 Å². The molecule has 1 amide bonds. The van der Waals surface area contributed by atoms with Crippen LogP contribution in [0.3, 0.4) is 0 Å². The first-order valence-electron chi connectivity index (χ1n) is 12.7. The number of aliphatic hydroxyl groups is 1. The van der Waals surface area contributed by atoms with Gasteiger partial charge in [0, 0.05) is 35.1 Å². The topological polar surface area (TPSA) is 101 Å². The highest BCUT2D eigenvalue weighted by molar-refractivity contribution is 5.90. The molecule has 1 aromatic heterocycles. The maximum absolute atomic E-state index is 12.7. The second-order valence-electron chi connectivity index (χ2n) is 9.09. The average molecular weight is 495 g/mol. The van der Waals surface area contributed by atoms with E-state index >= 15 is 0 Å². The highest BCUT2D eigenvalue weighted by Crippen LogP contribution is 2.40. The molecule has 0 aliphatic heterocycles. The highest BCUT2D eigenvalue weighted by Gasteiger charge is 2.28. The molecule has 0 saturated heterocycles. The predicted octanol–water partition coefficient (Wildman–Crippen LogP) is 5.48. The standard InChI is InChI=1S/C29H38N2O5/c1-6-9-21(22-12-10-19(29(34)36-5)16-26(22)35-4)24-17-31-25-13-11-18(15-23(24)25)27(32)20(8-3)28(33)30-14-7-2/h10-13,15-17,20-21,27,31-32H,6-9,14H2,1-5H3,(H,30,33). The minimum Gasteiger partial charge on any atom is -0.496 e. The van der Waals surface area contributed by atoms with Crippen molar-refractivity contribution in [2.75, 3.05) is 20.8 Å². The molecule has 3 N–H and O–H groups in total. The molecule has 36 heavy (non-hydrogen) atoms. The van der Waals surface area contributed by atoms with Crippen molar-refractivity contribution in [2.45, 2.75) is 58.5 Å². The van der Waals surface area contributed by atoms with Gasteiger partial charge in [-0.25, -0.2) is 4.79 Å². The monoisotopic (exact) mass is 494 g/mol. The number of methoxy groups -OCH3 is 2. The SMILES string of the molecule is CCCNC(=O)C(CC)C(O)c1ccc2[nH]cc(C(CCC)c3ccc(C(=O)OC)cc3OC)c2c1. The van der Waals surface area contributed by atoms with E-state index in [1.54, 1.807) is 19.2 Å². The Morgan fingerprint density at radius 2 is 1.81 bits per heavy atom. The minimum absolute atomic E-state index is 0.00705. The maximum atomic E-state index is 12.7. The number of esters is 1. The highest BCUT2D eigenvalue weighted by atomic mass is 16.5. The number of carbonyl (C=O) groups excluding carboxylic acids is 2. The number of hydrogen-bond donors (Lipinski definition) is 3. The fraction of sp³-hybridized carbons (Fsp3) is 0.448. The Kier molecular flexibility index (Phi) is 9.53. The number of aromatic amines is 1. The van der Waals surface area contributed by atoms with E-state index in [-0.39, 0.29) is 11.8 Å². The molecule has 3 unspecified atom stereocenters. The van der Waals surface area contributed by atoms with E-state index in [4.69, 9.17) is 9.47 Å². The van der Waals surface area contributed by atoms with Gasteiger partial charge in [0.05, 0.1) is 31.8 Å². The summed E-state index contributed by atoms with van der Waals surface area (Å²) in [4.78, 5) is 28.1. The van der Waals surface area contributed by atoms with Crippen molar-refractivity contribution in [3.8, 4) is 5.75 Å². The summed E-state index contributed by atoms with van der Waals surface area (Å²) in [6, 6.07) is 11.2. The molecule has 3 rings (SSSR count). The number of hydrogen-bond acceptors (Lipinski definition) is 5. The van der Waals surface area contributed by atoms with Gasteiger partial charge in [0.15, 0.2) is 0 Å². The third-order valence-electron chi connectivity index (χ3n) is 6.77. The van der Waals surface area contributed by atoms with E-state index in [9.17, 15) is 14.7 Å². The minimum atomic E-state index is -0.905. The number of H-pyrrole nitrogens is 1. The van der Waals surface area contributed by atoms with Crippen LogP contribution >= 0.6 is 0 Å². The lowest BCUT2D eigenvalue weighted by atomic mass is 9.85. The van der Waals surface area contributed by atoms with Crippen molar-refractivity contribution in [1.82, 2.24) is 10.3 Å². The van der Waals surface area contributed by atoms with E-state index in [0.717, 1.165) is 41.3 Å². The fourth-order valence-corrected chi connectivity index (χ4v) is 4.81. The van der Waals surface area contributed by atoms with Gasteiger partial charge >= 0.3 is 5.97 Å². The van der Waals surface area contributed by atoms with Crippen molar-refractivity contribution in [3.05, 3.63) is 64.8 Å². The zero-order valence-corrected chi connectivity index (χ0v) is 21.9. The number of rotatable bonds is 12. The molecule has 2 aromatic carbocycles. The molecule has 3 aromatic rings. The van der Waals surface area contributed by atoms with Crippen LogP contribution in [-0.2, 0) is 9.53 Å². The summed E-state index contributed by atoms with van der Waals surface area (Å²) in [5, 5.41) is 15.1. The molecule has 0 radical (unpaired) electrons. The Morgan fingerprint density at radius 1 is 1.03 bits per heavy atom. The van der Waals surface area contributed by atoms with Gasteiger partial charge in [-0.2, -0.15) is 0 Å². The molecular weight excluding hydrogens is 456 g/mol. The Balaban J connectivity index is 2.04. The average Bonchev–Trinajstić information content (AvgIpc) is 3.33. The zero-order chi connectivity index (χ0) is 26.2. The van der Waals surface area contributed by atoms with Crippen molar-refractivity contribution < 1.29 is 24.2 Å². The second-order valence-corrected chi connectivity index (χ2v) is 9.09. The number of carbonyl (C=O) groups is 2. The molecule has 0 fully saturated rings. The number of amides is 1. The molecular formula is C29H38N2O5. The number of nitrogens with one attached hydrogen (secondary N) is 2. The third kappa shape index (κ3) is 5.73. The van der Waals surface area contributed by atoms with E-state index in [0.29, 0.717) is 29.8 Å². The Hall–Kier alpha value is -3.32. The van der Waals surface area contributed by atoms with Gasteiger partial charge < -0.3 is 24.9 Å². The first-order chi connectivity index (χ1) is 17.4. The van der Waals surface area contributed by atoms with E-state index in [2.05, 4.69) is 17.2 Å². The summed E-state index contributed by atoms with van der Waals surface area (Å²) in [6.07, 6.45) is 4.29. The van der Waals surface area contributed by atoms with Gasteiger partial charge in [0.2, 0.25) is 5.91 Å². The van der Waals surface area contributed by atoms with Gasteiger partial charge in [0.25, 0.3) is 0 Å². The van der Waals surface area contributed by atoms with Crippen LogP contribution in [0.5, 0.6) is 5.75 Å². The van der Waals surface area contributed by atoms with Crippen molar-refractivity contribution >= 4 is 22.8 Å². The number of fused-ring (bicyclic) bond motifs is 1. The van der Waals surface area contributed by atoms with Crippen LogP contribution < -0.4 is 10.1 Å². The zero-order valence-electron chi connectivity index (χ0n) is 21.9. The van der Waals surface area contributed by atoms with Gasteiger partial charge in [-0.1, -0.05) is 39.3 Å². The molecule has 0 spiro atoms. The van der Waals surface area contributed by atoms with Crippen LogP contribution in [0.1, 0.15) is 85.5 Å². The van der Waals surface area contributed by atoms with Crippen LogP contribution in [0.2, 0.25) is 0 Å². The molecule has 1 heterocycles. The quantitative estimate of drug-likeness (QED) is 0.290. The smallest absolute Gasteiger partial charge is 0.337 e. The summed E-state index contributed by atoms with van der Waals surface area (Å²) in [7, 11) is 2.96. The summed E-state index contributed by atoms with van der Waals surface area (Å²) in [5.74, 6) is -0.423. The molecule has 0 aliphatic carbocycles. The molecule has 7 heteroatoms. The normalized spacial score (nSPS) is 13.7. The number of ether oxygens (including phenoxy) is 2. The molecule has 194 valence electrons. The van der Waals surface area contributed by atoms with Gasteiger partial charge in [0.1, 0.15) is 5.75 Å². The van der Waals surface area contributed by atoms with E-state index in [1.165, 1.54) is 7.11 Å². The Labute approximate surface area is 213 Å². The largest absolute Gasteiger partial charge is 0.496 e. The number of aliphatic hydroxyl groups excluding tert-OH is 1. The lowest BCUT2D eigenvalue weighted by molar-refractivity contribution is -0.128. The van der Waals surface area contributed by atoms with Crippen molar-refractivity contribution in [3.63, 3.8) is 0 Å².